The molecule has 1 atom stereocenters. The second kappa shape index (κ2) is 5.59. The Kier molecular flexibility index (Phi) is 4.07. The second-order valence-corrected chi connectivity index (χ2v) is 4.96. The van der Waals surface area contributed by atoms with Gasteiger partial charge in [0, 0.05) is 22.8 Å². The first kappa shape index (κ1) is 13.8. The molecule has 0 saturated carbocycles. The largest absolute Gasteiger partial charge is 0.398 e. The molecule has 5 nitrogen and oxygen atoms in total. The highest BCUT2D eigenvalue weighted by atomic mass is 35.5. The molecular weight excluding hydrogens is 266 g/mol. The molecule has 102 valence electrons. The van der Waals surface area contributed by atoms with Crippen LogP contribution in [0.25, 0.3) is 0 Å². The van der Waals surface area contributed by atoms with E-state index in [4.69, 9.17) is 17.3 Å². The molecule has 1 aliphatic rings. The van der Waals surface area contributed by atoms with Gasteiger partial charge in [0.05, 0.1) is 12.6 Å². The molecule has 0 aliphatic carbocycles. The van der Waals surface area contributed by atoms with E-state index in [1.807, 2.05) is 6.92 Å². The summed E-state index contributed by atoms with van der Waals surface area (Å²) in [6.07, 6.45) is 0.628. The van der Waals surface area contributed by atoms with Crippen LogP contribution < -0.4 is 11.1 Å². The summed E-state index contributed by atoms with van der Waals surface area (Å²) in [7, 11) is 0. The maximum absolute atomic E-state index is 11.8. The third-order valence-electron chi connectivity index (χ3n) is 3.26. The molecule has 6 heteroatoms. The number of halogens is 1. The van der Waals surface area contributed by atoms with Gasteiger partial charge in [0.15, 0.2) is 0 Å². The van der Waals surface area contributed by atoms with E-state index in [0.717, 1.165) is 5.56 Å². The molecule has 1 heterocycles. The fourth-order valence-corrected chi connectivity index (χ4v) is 2.52. The minimum Gasteiger partial charge on any atom is -0.398 e. The third-order valence-corrected chi connectivity index (χ3v) is 3.61. The lowest BCUT2D eigenvalue weighted by Crippen LogP contribution is -2.57. The van der Waals surface area contributed by atoms with Crippen LogP contribution in [0.1, 0.15) is 18.9 Å². The molecule has 0 spiro atoms. The van der Waals surface area contributed by atoms with Crippen molar-refractivity contribution in [3.05, 3.63) is 28.8 Å². The van der Waals surface area contributed by atoms with Gasteiger partial charge in [-0.2, -0.15) is 0 Å². The minimum absolute atomic E-state index is 0.176. The van der Waals surface area contributed by atoms with Crippen LogP contribution in [0.3, 0.4) is 0 Å². The maximum Gasteiger partial charge on any atom is 0.243 e. The zero-order chi connectivity index (χ0) is 14.0. The number of carbonyl (C=O) groups is 2. The first-order valence-corrected chi connectivity index (χ1v) is 6.51. The average molecular weight is 282 g/mol. The van der Waals surface area contributed by atoms with Gasteiger partial charge < -0.3 is 5.73 Å². The number of benzene rings is 1. The van der Waals surface area contributed by atoms with Gasteiger partial charge in [-0.25, -0.2) is 0 Å². The summed E-state index contributed by atoms with van der Waals surface area (Å²) in [6, 6.07) is 4.95. The number of piperazine rings is 1. The highest BCUT2D eigenvalue weighted by Gasteiger charge is 2.32. The number of hydrogen-bond acceptors (Lipinski definition) is 4. The van der Waals surface area contributed by atoms with Gasteiger partial charge in [0.25, 0.3) is 0 Å². The van der Waals surface area contributed by atoms with Crippen LogP contribution in [-0.2, 0) is 16.1 Å². The van der Waals surface area contributed by atoms with E-state index in [1.54, 1.807) is 23.1 Å². The number of carbonyl (C=O) groups excluding carboxylic acids is 2. The molecule has 0 aromatic heterocycles. The van der Waals surface area contributed by atoms with Gasteiger partial charge in [-0.15, -0.1) is 0 Å². The summed E-state index contributed by atoms with van der Waals surface area (Å²) >= 11 is 6.12. The number of nitrogens with one attached hydrogen (secondary N) is 1. The highest BCUT2D eigenvalue weighted by Crippen LogP contribution is 2.25. The van der Waals surface area contributed by atoms with Crippen molar-refractivity contribution in [2.45, 2.75) is 25.9 Å². The standard InChI is InChI=1S/C13H16ClN3O2/c1-2-11-13(19)16-12(18)7-17(11)6-8-9(14)4-3-5-10(8)15/h3-5,11H,2,6-7,15H2,1H3,(H,16,18,19). The molecule has 1 aromatic rings. The summed E-state index contributed by atoms with van der Waals surface area (Å²) in [5.41, 5.74) is 7.22. The van der Waals surface area contributed by atoms with Crippen LogP contribution in [0.15, 0.2) is 18.2 Å². The molecule has 2 rings (SSSR count). The number of amides is 2. The normalized spacial score (nSPS) is 20.4. The summed E-state index contributed by atoms with van der Waals surface area (Å²) in [4.78, 5) is 25.0. The van der Waals surface area contributed by atoms with E-state index in [-0.39, 0.29) is 24.4 Å². The summed E-state index contributed by atoms with van der Waals surface area (Å²) in [6.45, 7) is 2.47. The number of rotatable bonds is 3. The maximum atomic E-state index is 11.8. The van der Waals surface area contributed by atoms with Crippen LogP contribution in [0.4, 0.5) is 5.69 Å². The van der Waals surface area contributed by atoms with Gasteiger partial charge in [-0.05, 0) is 18.6 Å². The molecule has 0 radical (unpaired) electrons. The van der Waals surface area contributed by atoms with Gasteiger partial charge in [-0.3, -0.25) is 19.8 Å². The number of nitrogens with zero attached hydrogens (tertiary/aromatic N) is 1. The molecule has 3 N–H and O–H groups in total. The van der Waals surface area contributed by atoms with Gasteiger partial charge in [-0.1, -0.05) is 24.6 Å². The topological polar surface area (TPSA) is 75.4 Å². The highest BCUT2D eigenvalue weighted by molar-refractivity contribution is 6.31. The molecule has 1 saturated heterocycles. The third kappa shape index (κ3) is 2.88. The molecule has 1 aromatic carbocycles. The Bertz CT molecular complexity index is 498. The van der Waals surface area contributed by atoms with Crippen molar-refractivity contribution in [1.82, 2.24) is 10.2 Å². The summed E-state index contributed by atoms with van der Waals surface area (Å²) in [5, 5.41) is 2.89. The quantitative estimate of drug-likeness (QED) is 0.644. The first-order valence-electron chi connectivity index (χ1n) is 6.13. The number of nitrogens with two attached hydrogens (primary N) is 1. The smallest absolute Gasteiger partial charge is 0.243 e. The van der Waals surface area contributed by atoms with E-state index in [1.165, 1.54) is 0 Å². The molecule has 19 heavy (non-hydrogen) atoms. The Balaban J connectivity index is 2.25. The van der Waals surface area contributed by atoms with E-state index >= 15 is 0 Å². The lowest BCUT2D eigenvalue weighted by molar-refractivity contribution is -0.140. The van der Waals surface area contributed by atoms with Crippen LogP contribution in [-0.4, -0.2) is 29.3 Å². The fraction of sp³-hybridized carbons (Fsp3) is 0.385. The molecule has 0 bridgehead atoms. The molecule has 1 aliphatic heterocycles. The Hall–Kier alpha value is -1.59. The lowest BCUT2D eigenvalue weighted by atomic mass is 10.1. The van der Waals surface area contributed by atoms with Crippen molar-refractivity contribution in [1.29, 1.82) is 0 Å². The van der Waals surface area contributed by atoms with Gasteiger partial charge >= 0.3 is 0 Å². The predicted octanol–water partition coefficient (Wildman–Crippen LogP) is 1.16. The number of nitrogen functional groups attached to an aromatic ring is 1. The van der Waals surface area contributed by atoms with Crippen molar-refractivity contribution in [3.63, 3.8) is 0 Å². The SMILES string of the molecule is CCC1C(=O)NC(=O)CN1Cc1c(N)cccc1Cl. The summed E-state index contributed by atoms with van der Waals surface area (Å²) in [5.74, 6) is -0.551. The van der Waals surface area contributed by atoms with E-state index in [9.17, 15) is 9.59 Å². The second-order valence-electron chi connectivity index (χ2n) is 4.55. The Morgan fingerprint density at radius 3 is 2.84 bits per heavy atom. The van der Waals surface area contributed by atoms with Crippen molar-refractivity contribution >= 4 is 29.1 Å². The van der Waals surface area contributed by atoms with Crippen LogP contribution >= 0.6 is 11.6 Å². The predicted molar refractivity (Wildman–Crippen MR) is 73.5 cm³/mol. The first-order chi connectivity index (χ1) is 9.02. The number of anilines is 1. The number of imide groups is 1. The zero-order valence-electron chi connectivity index (χ0n) is 10.6. The Morgan fingerprint density at radius 2 is 2.21 bits per heavy atom. The Morgan fingerprint density at radius 1 is 1.47 bits per heavy atom. The van der Waals surface area contributed by atoms with Crippen molar-refractivity contribution in [2.24, 2.45) is 0 Å². The zero-order valence-corrected chi connectivity index (χ0v) is 11.4. The van der Waals surface area contributed by atoms with Crippen molar-refractivity contribution < 1.29 is 9.59 Å². The van der Waals surface area contributed by atoms with Gasteiger partial charge in [0.1, 0.15) is 0 Å². The summed E-state index contributed by atoms with van der Waals surface area (Å²) < 4.78 is 0. The van der Waals surface area contributed by atoms with Crippen LogP contribution in [0.2, 0.25) is 5.02 Å². The number of hydrogen-bond donors (Lipinski definition) is 2. The Labute approximate surface area is 116 Å². The minimum atomic E-state index is -0.326. The molecule has 1 unspecified atom stereocenters. The molecule has 2 amide bonds. The van der Waals surface area contributed by atoms with E-state index in [0.29, 0.717) is 23.7 Å². The van der Waals surface area contributed by atoms with Crippen LogP contribution in [0, 0.1) is 0 Å². The lowest BCUT2D eigenvalue weighted by Gasteiger charge is -2.33. The van der Waals surface area contributed by atoms with Crippen molar-refractivity contribution in [2.75, 3.05) is 12.3 Å². The van der Waals surface area contributed by atoms with E-state index in [2.05, 4.69) is 5.32 Å². The van der Waals surface area contributed by atoms with Crippen LogP contribution in [0.5, 0.6) is 0 Å². The molecular formula is C13H16ClN3O2. The average Bonchev–Trinajstić information content (AvgIpc) is 2.33. The molecule has 1 fully saturated rings. The van der Waals surface area contributed by atoms with E-state index < -0.39 is 0 Å². The fourth-order valence-electron chi connectivity index (χ4n) is 2.28. The van der Waals surface area contributed by atoms with Gasteiger partial charge in [0.2, 0.25) is 11.8 Å². The monoisotopic (exact) mass is 281 g/mol. The van der Waals surface area contributed by atoms with Crippen molar-refractivity contribution in [3.8, 4) is 0 Å².